The molecule has 0 amide bonds. The monoisotopic (exact) mass is 298 g/mol. The predicted molar refractivity (Wildman–Crippen MR) is 86.0 cm³/mol. The first-order valence-electron chi connectivity index (χ1n) is 6.67. The molecule has 0 unspecified atom stereocenters. The highest BCUT2D eigenvalue weighted by Crippen LogP contribution is 2.33. The second kappa shape index (κ2) is 5.34. The number of hydrogen-bond donors (Lipinski definition) is 0. The van der Waals surface area contributed by atoms with Gasteiger partial charge in [-0.1, -0.05) is 17.7 Å². The normalized spacial score (nSPS) is 10.9. The third kappa shape index (κ3) is 2.57. The van der Waals surface area contributed by atoms with Gasteiger partial charge < -0.3 is 4.74 Å². The Morgan fingerprint density at radius 3 is 2.52 bits per heavy atom. The summed E-state index contributed by atoms with van der Waals surface area (Å²) in [7, 11) is 1.67. The summed E-state index contributed by atoms with van der Waals surface area (Å²) in [6, 6.07) is 11.8. The number of methoxy groups -OCH3 is 1. The third-order valence-corrected chi connectivity index (χ3v) is 3.65. The van der Waals surface area contributed by atoms with Gasteiger partial charge in [0.05, 0.1) is 12.8 Å². The summed E-state index contributed by atoms with van der Waals surface area (Å²) >= 11 is 5.95. The van der Waals surface area contributed by atoms with E-state index in [1.54, 1.807) is 13.2 Å². The number of rotatable bonds is 2. The predicted octanol–water partition coefficient (Wildman–Crippen LogP) is 4.58. The van der Waals surface area contributed by atoms with Gasteiger partial charge in [-0.3, -0.25) is 0 Å². The summed E-state index contributed by atoms with van der Waals surface area (Å²) < 4.78 is 5.51. The van der Waals surface area contributed by atoms with E-state index in [1.165, 1.54) is 0 Å². The van der Waals surface area contributed by atoms with Crippen LogP contribution in [0.15, 0.2) is 36.4 Å². The van der Waals surface area contributed by atoms with Crippen molar-refractivity contribution in [2.75, 3.05) is 7.11 Å². The zero-order valence-electron chi connectivity index (χ0n) is 12.1. The number of aromatic nitrogens is 2. The maximum atomic E-state index is 5.95. The number of aryl methyl sites for hydroxylation is 2. The lowest BCUT2D eigenvalue weighted by Crippen LogP contribution is -1.95. The largest absolute Gasteiger partial charge is 0.496 e. The summed E-state index contributed by atoms with van der Waals surface area (Å²) in [6.07, 6.45) is 0. The van der Waals surface area contributed by atoms with Crippen molar-refractivity contribution in [1.82, 2.24) is 9.97 Å². The van der Waals surface area contributed by atoms with Crippen molar-refractivity contribution in [3.8, 4) is 17.0 Å². The van der Waals surface area contributed by atoms with Crippen molar-refractivity contribution in [1.29, 1.82) is 0 Å². The average Bonchev–Trinajstić information content (AvgIpc) is 2.45. The van der Waals surface area contributed by atoms with Gasteiger partial charge in [0.1, 0.15) is 10.9 Å². The topological polar surface area (TPSA) is 35.0 Å². The van der Waals surface area contributed by atoms with E-state index in [-0.39, 0.29) is 0 Å². The zero-order chi connectivity index (χ0) is 15.0. The molecular formula is C17H15ClN2O. The van der Waals surface area contributed by atoms with Crippen LogP contribution in [-0.2, 0) is 0 Å². The Bertz CT molecular complexity index is 830. The molecule has 0 aliphatic rings. The standard InChI is InChI=1S/C17H15ClN2O/c1-10-8-11(2)16(14(9-10)21-3)13-6-4-12-5-7-15(18)20-17(12)19-13/h4-9H,1-3H3. The molecule has 0 fully saturated rings. The molecule has 0 saturated heterocycles. The highest BCUT2D eigenvalue weighted by atomic mass is 35.5. The van der Waals surface area contributed by atoms with Gasteiger partial charge in [-0.05, 0) is 55.3 Å². The number of nitrogens with zero attached hydrogens (tertiary/aromatic N) is 2. The van der Waals surface area contributed by atoms with Crippen LogP contribution >= 0.6 is 11.6 Å². The summed E-state index contributed by atoms with van der Waals surface area (Å²) in [5, 5.41) is 1.41. The highest BCUT2D eigenvalue weighted by Gasteiger charge is 2.12. The van der Waals surface area contributed by atoms with Gasteiger partial charge in [-0.25, -0.2) is 9.97 Å². The molecule has 0 atom stereocenters. The molecule has 0 spiro atoms. The fourth-order valence-electron chi connectivity index (χ4n) is 2.53. The Balaban J connectivity index is 2.25. The number of benzene rings is 1. The second-order valence-electron chi connectivity index (χ2n) is 5.04. The molecule has 0 aliphatic carbocycles. The molecule has 4 heteroatoms. The van der Waals surface area contributed by atoms with E-state index < -0.39 is 0 Å². The van der Waals surface area contributed by atoms with Crippen molar-refractivity contribution < 1.29 is 4.74 Å². The first kappa shape index (κ1) is 13.8. The Labute approximate surface area is 128 Å². The van der Waals surface area contributed by atoms with Crippen LogP contribution in [0.4, 0.5) is 0 Å². The minimum absolute atomic E-state index is 0.444. The molecule has 0 aliphatic heterocycles. The first-order chi connectivity index (χ1) is 10.1. The van der Waals surface area contributed by atoms with Crippen LogP contribution in [0.1, 0.15) is 11.1 Å². The lowest BCUT2D eigenvalue weighted by atomic mass is 10.0. The summed E-state index contributed by atoms with van der Waals surface area (Å²) in [6.45, 7) is 4.11. The van der Waals surface area contributed by atoms with Crippen molar-refractivity contribution in [2.45, 2.75) is 13.8 Å². The van der Waals surface area contributed by atoms with Gasteiger partial charge in [0.15, 0.2) is 5.65 Å². The number of hydrogen-bond acceptors (Lipinski definition) is 3. The molecule has 0 saturated carbocycles. The minimum atomic E-state index is 0.444. The molecule has 0 bridgehead atoms. The molecule has 21 heavy (non-hydrogen) atoms. The van der Waals surface area contributed by atoms with E-state index in [0.29, 0.717) is 10.8 Å². The van der Waals surface area contributed by atoms with Crippen LogP contribution in [0.5, 0.6) is 5.75 Å². The highest BCUT2D eigenvalue weighted by molar-refractivity contribution is 6.29. The molecule has 106 valence electrons. The molecule has 0 radical (unpaired) electrons. The third-order valence-electron chi connectivity index (χ3n) is 3.44. The van der Waals surface area contributed by atoms with E-state index in [9.17, 15) is 0 Å². The SMILES string of the molecule is COc1cc(C)cc(C)c1-c1ccc2ccc(Cl)nc2n1. The molecule has 1 aromatic carbocycles. The van der Waals surface area contributed by atoms with Crippen molar-refractivity contribution in [3.05, 3.63) is 52.7 Å². The maximum absolute atomic E-state index is 5.95. The van der Waals surface area contributed by atoms with Gasteiger partial charge in [0, 0.05) is 10.9 Å². The van der Waals surface area contributed by atoms with Crippen LogP contribution in [0.25, 0.3) is 22.3 Å². The molecule has 3 aromatic rings. The number of fused-ring (bicyclic) bond motifs is 1. The Morgan fingerprint density at radius 1 is 1.00 bits per heavy atom. The van der Waals surface area contributed by atoms with Crippen molar-refractivity contribution in [2.24, 2.45) is 0 Å². The van der Waals surface area contributed by atoms with Gasteiger partial charge in [-0.2, -0.15) is 0 Å². The maximum Gasteiger partial charge on any atom is 0.161 e. The van der Waals surface area contributed by atoms with Gasteiger partial charge >= 0.3 is 0 Å². The Hall–Kier alpha value is -2.13. The lowest BCUT2D eigenvalue weighted by molar-refractivity contribution is 0.415. The van der Waals surface area contributed by atoms with E-state index in [4.69, 9.17) is 16.3 Å². The van der Waals surface area contributed by atoms with Gasteiger partial charge in [0.25, 0.3) is 0 Å². The van der Waals surface area contributed by atoms with E-state index in [2.05, 4.69) is 29.9 Å². The molecular weight excluding hydrogens is 284 g/mol. The number of pyridine rings is 2. The van der Waals surface area contributed by atoms with Crippen LogP contribution in [0.2, 0.25) is 5.15 Å². The van der Waals surface area contributed by atoms with Gasteiger partial charge in [0.2, 0.25) is 0 Å². The molecule has 2 aromatic heterocycles. The van der Waals surface area contributed by atoms with Crippen molar-refractivity contribution >= 4 is 22.6 Å². The fourth-order valence-corrected chi connectivity index (χ4v) is 2.68. The van der Waals surface area contributed by atoms with E-state index >= 15 is 0 Å². The number of halogens is 1. The Kier molecular flexibility index (Phi) is 3.52. The minimum Gasteiger partial charge on any atom is -0.496 e. The summed E-state index contributed by atoms with van der Waals surface area (Å²) in [4.78, 5) is 8.91. The fraction of sp³-hybridized carbons (Fsp3) is 0.176. The van der Waals surface area contributed by atoms with Crippen LogP contribution in [-0.4, -0.2) is 17.1 Å². The van der Waals surface area contributed by atoms with E-state index in [0.717, 1.165) is 33.5 Å². The van der Waals surface area contributed by atoms with Crippen LogP contribution < -0.4 is 4.74 Å². The second-order valence-corrected chi connectivity index (χ2v) is 5.42. The van der Waals surface area contributed by atoms with Crippen molar-refractivity contribution in [3.63, 3.8) is 0 Å². The molecule has 3 rings (SSSR count). The lowest BCUT2D eigenvalue weighted by Gasteiger charge is -2.13. The van der Waals surface area contributed by atoms with Crippen LogP contribution in [0.3, 0.4) is 0 Å². The van der Waals surface area contributed by atoms with Crippen LogP contribution in [0, 0.1) is 13.8 Å². The van der Waals surface area contributed by atoms with Gasteiger partial charge in [-0.15, -0.1) is 0 Å². The molecule has 0 N–H and O–H groups in total. The average molecular weight is 299 g/mol. The molecule has 2 heterocycles. The smallest absolute Gasteiger partial charge is 0.161 e. The summed E-state index contributed by atoms with van der Waals surface area (Å²) in [5.74, 6) is 0.821. The Morgan fingerprint density at radius 2 is 1.76 bits per heavy atom. The first-order valence-corrected chi connectivity index (χ1v) is 7.05. The van der Waals surface area contributed by atoms with E-state index in [1.807, 2.05) is 24.3 Å². The number of ether oxygens (including phenoxy) is 1. The quantitative estimate of drug-likeness (QED) is 0.650. The molecule has 3 nitrogen and oxygen atoms in total. The summed E-state index contributed by atoms with van der Waals surface area (Å²) in [5.41, 5.74) is 4.76. The zero-order valence-corrected chi connectivity index (χ0v) is 12.9.